The Morgan fingerprint density at radius 3 is 2.41 bits per heavy atom. The van der Waals surface area contributed by atoms with Crippen LogP contribution in [0.15, 0.2) is 46.8 Å². The lowest BCUT2D eigenvalue weighted by atomic mass is 9.69. The molecule has 32 heavy (non-hydrogen) atoms. The number of rotatable bonds is 4. The molecular formula is C25H28ClNO5. The third kappa shape index (κ3) is 4.08. The first-order chi connectivity index (χ1) is 15.3. The zero-order chi connectivity index (χ0) is 23.0. The molecule has 1 aromatic carbocycles. The molecule has 0 bridgehead atoms. The average molecular weight is 458 g/mol. The Balaban J connectivity index is 1.79. The molecule has 1 heterocycles. The number of benzene rings is 1. The summed E-state index contributed by atoms with van der Waals surface area (Å²) in [6.07, 6.45) is 4.20. The maximum Gasteiger partial charge on any atom is 0.337 e. The van der Waals surface area contributed by atoms with E-state index < -0.39 is 23.8 Å². The number of Topliss-reactive ketones (excluding diaryl/α,β-unsaturated/α-hetero) is 1. The number of carbonyl (C=O) groups is 3. The average Bonchev–Trinajstić information content (AvgIpc) is 3.26. The van der Waals surface area contributed by atoms with Crippen LogP contribution in [0.3, 0.4) is 0 Å². The molecule has 0 aromatic heterocycles. The van der Waals surface area contributed by atoms with E-state index in [0.717, 1.165) is 36.9 Å². The molecule has 0 saturated heterocycles. The van der Waals surface area contributed by atoms with Crippen molar-refractivity contribution in [2.45, 2.75) is 58.0 Å². The van der Waals surface area contributed by atoms with Gasteiger partial charge in [-0.25, -0.2) is 4.79 Å². The zero-order valence-electron chi connectivity index (χ0n) is 18.6. The lowest BCUT2D eigenvalue weighted by molar-refractivity contribution is -0.151. The third-order valence-electron chi connectivity index (χ3n) is 6.74. The van der Waals surface area contributed by atoms with Crippen molar-refractivity contribution < 1.29 is 23.9 Å². The van der Waals surface area contributed by atoms with Crippen molar-refractivity contribution in [3.8, 4) is 0 Å². The van der Waals surface area contributed by atoms with E-state index in [1.807, 2.05) is 26.0 Å². The summed E-state index contributed by atoms with van der Waals surface area (Å²) < 4.78 is 10.8. The number of hydrogen-bond donors (Lipinski definition) is 1. The Morgan fingerprint density at radius 1 is 1.12 bits per heavy atom. The highest BCUT2D eigenvalue weighted by atomic mass is 35.5. The van der Waals surface area contributed by atoms with Gasteiger partial charge < -0.3 is 14.8 Å². The normalized spacial score (nSPS) is 26.0. The summed E-state index contributed by atoms with van der Waals surface area (Å²) >= 11 is 6.10. The summed E-state index contributed by atoms with van der Waals surface area (Å²) in [5.41, 5.74) is 3.02. The third-order valence-corrected chi connectivity index (χ3v) is 6.99. The molecule has 7 heteroatoms. The Labute approximate surface area is 193 Å². The van der Waals surface area contributed by atoms with E-state index in [1.54, 1.807) is 12.1 Å². The van der Waals surface area contributed by atoms with Gasteiger partial charge in [0.2, 0.25) is 0 Å². The van der Waals surface area contributed by atoms with Crippen LogP contribution in [0.2, 0.25) is 5.02 Å². The molecule has 3 aliphatic rings. The van der Waals surface area contributed by atoms with Crippen molar-refractivity contribution in [3.05, 3.63) is 57.4 Å². The number of carbonyl (C=O) groups excluding carboxylic acids is 3. The molecule has 4 rings (SSSR count). The van der Waals surface area contributed by atoms with E-state index in [0.29, 0.717) is 28.3 Å². The Kier molecular flexibility index (Phi) is 6.42. The molecule has 0 radical (unpaired) electrons. The Morgan fingerprint density at radius 2 is 1.78 bits per heavy atom. The van der Waals surface area contributed by atoms with Gasteiger partial charge in [-0.05, 0) is 62.6 Å². The number of ketones is 1. The molecule has 2 aliphatic carbocycles. The minimum absolute atomic E-state index is 0.103. The number of methoxy groups -OCH3 is 1. The number of hydrogen-bond acceptors (Lipinski definition) is 6. The molecule has 1 saturated carbocycles. The second kappa shape index (κ2) is 9.10. The van der Waals surface area contributed by atoms with Crippen molar-refractivity contribution in [2.75, 3.05) is 7.11 Å². The first-order valence-electron chi connectivity index (χ1n) is 11.1. The van der Waals surface area contributed by atoms with Gasteiger partial charge in [0.15, 0.2) is 5.78 Å². The van der Waals surface area contributed by atoms with Crippen LogP contribution in [0.5, 0.6) is 0 Å². The van der Waals surface area contributed by atoms with Crippen molar-refractivity contribution in [3.63, 3.8) is 0 Å². The number of ether oxygens (including phenoxy) is 2. The smallest absolute Gasteiger partial charge is 0.337 e. The Hall–Kier alpha value is -2.60. The van der Waals surface area contributed by atoms with Crippen LogP contribution in [0, 0.1) is 11.8 Å². The SMILES string of the molecule is COC(=O)C1C(=O)C2=C(CC1C)NC(C)=C(C(=O)OC1CCCC1)C2c1ccc(Cl)cc1. The van der Waals surface area contributed by atoms with E-state index >= 15 is 0 Å². The first-order valence-corrected chi connectivity index (χ1v) is 11.5. The summed E-state index contributed by atoms with van der Waals surface area (Å²) in [7, 11) is 1.29. The van der Waals surface area contributed by atoms with Gasteiger partial charge >= 0.3 is 11.9 Å². The quantitative estimate of drug-likeness (QED) is 0.531. The molecule has 1 N–H and O–H groups in total. The number of halogens is 1. The summed E-state index contributed by atoms with van der Waals surface area (Å²) in [5, 5.41) is 3.84. The van der Waals surface area contributed by atoms with Crippen LogP contribution >= 0.6 is 11.6 Å². The van der Waals surface area contributed by atoms with Crippen LogP contribution in [0.4, 0.5) is 0 Å². The van der Waals surface area contributed by atoms with Crippen LogP contribution in [0.1, 0.15) is 57.4 Å². The lowest BCUT2D eigenvalue weighted by Gasteiger charge is -2.38. The second-order valence-electron chi connectivity index (χ2n) is 8.90. The van der Waals surface area contributed by atoms with E-state index in [9.17, 15) is 14.4 Å². The molecular weight excluding hydrogens is 430 g/mol. The molecule has 3 unspecified atom stereocenters. The van der Waals surface area contributed by atoms with Crippen molar-refractivity contribution in [1.82, 2.24) is 5.32 Å². The summed E-state index contributed by atoms with van der Waals surface area (Å²) in [6.45, 7) is 3.70. The molecule has 170 valence electrons. The van der Waals surface area contributed by atoms with Gasteiger partial charge in [0.25, 0.3) is 0 Å². The molecule has 3 atom stereocenters. The second-order valence-corrected chi connectivity index (χ2v) is 9.34. The monoisotopic (exact) mass is 457 g/mol. The number of dihydropyridines is 1. The molecule has 1 aromatic rings. The van der Waals surface area contributed by atoms with Crippen molar-refractivity contribution in [1.29, 1.82) is 0 Å². The van der Waals surface area contributed by atoms with Crippen molar-refractivity contribution >= 4 is 29.3 Å². The Bertz CT molecular complexity index is 1000. The van der Waals surface area contributed by atoms with E-state index in [-0.39, 0.29) is 17.8 Å². The van der Waals surface area contributed by atoms with Crippen LogP contribution in [-0.4, -0.2) is 30.9 Å². The van der Waals surface area contributed by atoms with Gasteiger partial charge in [0, 0.05) is 27.9 Å². The van der Waals surface area contributed by atoms with Gasteiger partial charge in [-0.2, -0.15) is 0 Å². The van der Waals surface area contributed by atoms with E-state index in [2.05, 4.69) is 5.32 Å². The standard InChI is InChI=1S/C25H28ClNO5/c1-13-12-18-22(23(28)19(13)24(29)31-3)21(15-8-10-16(26)11-9-15)20(14(2)27-18)25(30)32-17-6-4-5-7-17/h8-11,13,17,19,21,27H,4-7,12H2,1-3H3. The number of nitrogens with one attached hydrogen (secondary N) is 1. The van der Waals surface area contributed by atoms with Crippen LogP contribution in [0.25, 0.3) is 0 Å². The van der Waals surface area contributed by atoms with Gasteiger partial charge in [0.1, 0.15) is 12.0 Å². The zero-order valence-corrected chi connectivity index (χ0v) is 19.3. The number of allylic oxidation sites excluding steroid dienone is 3. The molecule has 1 fully saturated rings. The minimum atomic E-state index is -0.902. The topological polar surface area (TPSA) is 81.7 Å². The maximum atomic E-state index is 13.6. The summed E-state index contributed by atoms with van der Waals surface area (Å²) in [5.74, 6) is -3.03. The fourth-order valence-corrected chi connectivity index (χ4v) is 5.29. The van der Waals surface area contributed by atoms with Gasteiger partial charge in [0.05, 0.1) is 12.7 Å². The van der Waals surface area contributed by atoms with Gasteiger partial charge in [-0.3, -0.25) is 9.59 Å². The van der Waals surface area contributed by atoms with Crippen LogP contribution in [-0.2, 0) is 23.9 Å². The van der Waals surface area contributed by atoms with E-state index in [4.69, 9.17) is 21.1 Å². The predicted octanol–water partition coefficient (Wildman–Crippen LogP) is 4.44. The van der Waals surface area contributed by atoms with Crippen LogP contribution < -0.4 is 5.32 Å². The van der Waals surface area contributed by atoms with Gasteiger partial charge in [-0.1, -0.05) is 30.7 Å². The molecule has 1 aliphatic heterocycles. The van der Waals surface area contributed by atoms with E-state index in [1.165, 1.54) is 7.11 Å². The van der Waals surface area contributed by atoms with Crippen molar-refractivity contribution in [2.24, 2.45) is 11.8 Å². The molecule has 0 spiro atoms. The van der Waals surface area contributed by atoms with Gasteiger partial charge in [-0.15, -0.1) is 0 Å². The highest BCUT2D eigenvalue weighted by Gasteiger charge is 2.47. The summed E-state index contributed by atoms with van der Waals surface area (Å²) in [4.78, 5) is 39.5. The lowest BCUT2D eigenvalue weighted by Crippen LogP contribution is -2.43. The maximum absolute atomic E-state index is 13.6. The molecule has 0 amide bonds. The predicted molar refractivity (Wildman–Crippen MR) is 120 cm³/mol. The number of esters is 2. The fraction of sp³-hybridized carbons (Fsp3) is 0.480. The highest BCUT2D eigenvalue weighted by molar-refractivity contribution is 6.30. The fourth-order valence-electron chi connectivity index (χ4n) is 5.16. The largest absolute Gasteiger partial charge is 0.468 e. The minimum Gasteiger partial charge on any atom is -0.468 e. The highest BCUT2D eigenvalue weighted by Crippen LogP contribution is 2.45. The summed E-state index contributed by atoms with van der Waals surface area (Å²) in [6, 6.07) is 7.11. The molecule has 6 nitrogen and oxygen atoms in total. The first kappa shape index (κ1) is 22.6.